The van der Waals surface area contributed by atoms with Crippen LogP contribution in [-0.2, 0) is 33.2 Å². The normalized spacial score (nSPS) is 20.2. The number of hydrogen-bond acceptors (Lipinski definition) is 6. The summed E-state index contributed by atoms with van der Waals surface area (Å²) < 4.78 is 31.3. The van der Waals surface area contributed by atoms with Gasteiger partial charge in [-0.15, -0.1) is 0 Å². The number of pyridine rings is 1. The van der Waals surface area contributed by atoms with Crippen LogP contribution in [0, 0.1) is 0 Å². The highest BCUT2D eigenvalue weighted by Gasteiger charge is 2.44. The molecule has 3 aromatic rings. The Labute approximate surface area is 187 Å². The molecule has 1 aliphatic rings. The van der Waals surface area contributed by atoms with Gasteiger partial charge in [-0.2, -0.15) is 0 Å². The topological polar surface area (TPSA) is 106 Å². The number of carbonyl (C=O) groups excluding carboxylic acids is 1. The van der Waals surface area contributed by atoms with Crippen LogP contribution in [-0.4, -0.2) is 36.4 Å². The van der Waals surface area contributed by atoms with Gasteiger partial charge in [0.1, 0.15) is 12.2 Å². The standard InChI is InChI=1S/C24H24N2O5S/c27-23(31-16-18-8-3-1-4-9-18)26-20-14-19-10-7-13-25-22(19)24(28,15-20)17-32(29,30)21-11-5-2-6-12-21/h1-13,20,28H,14-17H2,(H,26,27)/t20-,24-/m1/s1. The minimum absolute atomic E-state index is 0.00349. The van der Waals surface area contributed by atoms with Gasteiger partial charge in [0.2, 0.25) is 0 Å². The Morgan fingerprint density at radius 3 is 2.47 bits per heavy atom. The summed E-state index contributed by atoms with van der Waals surface area (Å²) in [6.45, 7) is 0.115. The van der Waals surface area contributed by atoms with Gasteiger partial charge in [0.25, 0.3) is 0 Å². The molecule has 1 aromatic heterocycles. The van der Waals surface area contributed by atoms with Crippen LogP contribution in [0.1, 0.15) is 23.2 Å². The maximum absolute atomic E-state index is 13.0. The van der Waals surface area contributed by atoms with E-state index in [1.54, 1.807) is 30.3 Å². The molecule has 0 aliphatic heterocycles. The van der Waals surface area contributed by atoms with Crippen molar-refractivity contribution in [2.24, 2.45) is 0 Å². The fourth-order valence-corrected chi connectivity index (χ4v) is 5.67. The first kappa shape index (κ1) is 22.0. The van der Waals surface area contributed by atoms with E-state index in [2.05, 4.69) is 10.3 Å². The van der Waals surface area contributed by atoms with Crippen molar-refractivity contribution in [3.05, 3.63) is 95.8 Å². The zero-order valence-corrected chi connectivity index (χ0v) is 18.2. The van der Waals surface area contributed by atoms with Crippen molar-refractivity contribution in [2.75, 3.05) is 5.75 Å². The van der Waals surface area contributed by atoms with Gasteiger partial charge < -0.3 is 15.2 Å². The van der Waals surface area contributed by atoms with Crippen molar-refractivity contribution in [3.63, 3.8) is 0 Å². The molecule has 0 bridgehead atoms. The Morgan fingerprint density at radius 2 is 1.75 bits per heavy atom. The molecule has 0 saturated carbocycles. The van der Waals surface area contributed by atoms with Gasteiger partial charge in [0.15, 0.2) is 9.84 Å². The fourth-order valence-electron chi connectivity index (χ4n) is 4.05. The first-order valence-corrected chi connectivity index (χ1v) is 11.9. The number of aliphatic hydroxyl groups is 1. The van der Waals surface area contributed by atoms with Gasteiger partial charge >= 0.3 is 6.09 Å². The highest BCUT2D eigenvalue weighted by Crippen LogP contribution is 2.36. The van der Waals surface area contributed by atoms with Crippen molar-refractivity contribution in [1.29, 1.82) is 0 Å². The molecule has 166 valence electrons. The lowest BCUT2D eigenvalue weighted by molar-refractivity contribution is 0.0260. The number of nitrogens with one attached hydrogen (secondary N) is 1. The summed E-state index contributed by atoms with van der Waals surface area (Å²) in [5, 5.41) is 14.2. The Balaban J connectivity index is 1.52. The van der Waals surface area contributed by atoms with Crippen LogP contribution in [0.5, 0.6) is 0 Å². The van der Waals surface area contributed by atoms with E-state index in [9.17, 15) is 18.3 Å². The molecule has 32 heavy (non-hydrogen) atoms. The molecule has 2 N–H and O–H groups in total. The monoisotopic (exact) mass is 452 g/mol. The molecule has 0 radical (unpaired) electrons. The van der Waals surface area contributed by atoms with Crippen LogP contribution >= 0.6 is 0 Å². The maximum Gasteiger partial charge on any atom is 0.407 e. The number of benzene rings is 2. The number of sulfone groups is 1. The molecule has 1 heterocycles. The van der Waals surface area contributed by atoms with Crippen molar-refractivity contribution >= 4 is 15.9 Å². The minimum Gasteiger partial charge on any atom is -0.445 e. The molecular weight excluding hydrogens is 428 g/mol. The van der Waals surface area contributed by atoms with E-state index < -0.39 is 33.3 Å². The average Bonchev–Trinajstić information content (AvgIpc) is 2.78. The Morgan fingerprint density at radius 1 is 1.06 bits per heavy atom. The fraction of sp³-hybridized carbons (Fsp3) is 0.250. The van der Waals surface area contributed by atoms with Gasteiger partial charge in [0.05, 0.1) is 16.3 Å². The van der Waals surface area contributed by atoms with Crippen LogP contribution in [0.2, 0.25) is 0 Å². The Bertz CT molecular complexity index is 1190. The number of nitrogens with zero attached hydrogens (tertiary/aromatic N) is 1. The van der Waals surface area contributed by atoms with E-state index in [0.29, 0.717) is 17.7 Å². The molecule has 7 nitrogen and oxygen atoms in total. The first-order valence-electron chi connectivity index (χ1n) is 10.3. The zero-order chi connectivity index (χ0) is 22.6. The smallest absolute Gasteiger partial charge is 0.407 e. The predicted octanol–water partition coefficient (Wildman–Crippen LogP) is 2.98. The van der Waals surface area contributed by atoms with Crippen molar-refractivity contribution in [2.45, 2.75) is 36.0 Å². The van der Waals surface area contributed by atoms with Crippen molar-refractivity contribution in [1.82, 2.24) is 10.3 Å². The van der Waals surface area contributed by atoms with E-state index in [4.69, 9.17) is 4.74 Å². The van der Waals surface area contributed by atoms with Crippen LogP contribution in [0.4, 0.5) is 4.79 Å². The van der Waals surface area contributed by atoms with Gasteiger partial charge in [-0.3, -0.25) is 4.98 Å². The third-order valence-corrected chi connectivity index (χ3v) is 7.30. The van der Waals surface area contributed by atoms with E-state index >= 15 is 0 Å². The number of carbonyl (C=O) groups is 1. The van der Waals surface area contributed by atoms with E-state index in [1.165, 1.54) is 18.3 Å². The molecule has 8 heteroatoms. The summed E-state index contributed by atoms with van der Waals surface area (Å²) in [5.74, 6) is -0.536. The second-order valence-electron chi connectivity index (χ2n) is 7.93. The molecular formula is C24H24N2O5S. The Hall–Kier alpha value is -3.23. The number of amides is 1. The highest BCUT2D eigenvalue weighted by atomic mass is 32.2. The van der Waals surface area contributed by atoms with Crippen LogP contribution in [0.15, 0.2) is 83.9 Å². The Kier molecular flexibility index (Phi) is 6.25. The molecule has 0 spiro atoms. The third-order valence-electron chi connectivity index (χ3n) is 5.45. The molecule has 2 aromatic carbocycles. The average molecular weight is 453 g/mol. The summed E-state index contributed by atoms with van der Waals surface area (Å²) in [7, 11) is -3.79. The molecule has 1 aliphatic carbocycles. The van der Waals surface area contributed by atoms with E-state index in [-0.39, 0.29) is 17.9 Å². The van der Waals surface area contributed by atoms with Crippen molar-refractivity contribution < 1.29 is 23.1 Å². The molecule has 0 saturated heterocycles. The van der Waals surface area contributed by atoms with Gasteiger partial charge in [-0.05, 0) is 35.7 Å². The predicted molar refractivity (Wildman–Crippen MR) is 119 cm³/mol. The lowest BCUT2D eigenvalue weighted by Crippen LogP contribution is -2.49. The lowest BCUT2D eigenvalue weighted by Gasteiger charge is -2.37. The largest absolute Gasteiger partial charge is 0.445 e. The summed E-state index contributed by atoms with van der Waals surface area (Å²) in [4.78, 5) is 16.8. The number of aromatic nitrogens is 1. The number of fused-ring (bicyclic) bond motifs is 1. The first-order chi connectivity index (χ1) is 15.4. The van der Waals surface area contributed by atoms with E-state index in [0.717, 1.165) is 5.56 Å². The van der Waals surface area contributed by atoms with Gasteiger partial charge in [0, 0.05) is 18.7 Å². The highest BCUT2D eigenvalue weighted by molar-refractivity contribution is 7.91. The molecule has 0 unspecified atom stereocenters. The number of alkyl carbamates (subject to hydrolysis) is 1. The van der Waals surface area contributed by atoms with Crippen LogP contribution in [0.25, 0.3) is 0 Å². The quantitative estimate of drug-likeness (QED) is 0.596. The lowest BCUT2D eigenvalue weighted by atomic mass is 9.81. The second kappa shape index (κ2) is 9.10. The van der Waals surface area contributed by atoms with Crippen molar-refractivity contribution in [3.8, 4) is 0 Å². The SMILES string of the molecule is O=C(N[C@@H]1Cc2cccnc2[C@](O)(CS(=O)(=O)c2ccccc2)C1)OCc1ccccc1. The summed E-state index contributed by atoms with van der Waals surface area (Å²) in [6, 6.07) is 20.3. The molecule has 0 fully saturated rings. The summed E-state index contributed by atoms with van der Waals surface area (Å²) in [5.41, 5.74) is 0.125. The number of hydrogen-bond donors (Lipinski definition) is 2. The summed E-state index contributed by atoms with van der Waals surface area (Å²) in [6.07, 6.45) is 1.32. The molecule has 2 atom stereocenters. The van der Waals surface area contributed by atoms with Gasteiger partial charge in [-0.1, -0.05) is 54.6 Å². The van der Waals surface area contributed by atoms with E-state index in [1.807, 2.05) is 30.3 Å². The molecule has 4 rings (SSSR count). The maximum atomic E-state index is 13.0. The number of ether oxygens (including phenoxy) is 1. The van der Waals surface area contributed by atoms with Crippen LogP contribution < -0.4 is 5.32 Å². The second-order valence-corrected chi connectivity index (χ2v) is 9.92. The van der Waals surface area contributed by atoms with Gasteiger partial charge in [-0.25, -0.2) is 13.2 Å². The molecule has 1 amide bonds. The summed E-state index contributed by atoms with van der Waals surface area (Å²) >= 11 is 0. The third kappa shape index (κ3) is 4.98. The number of rotatable bonds is 6. The van der Waals surface area contributed by atoms with Crippen LogP contribution in [0.3, 0.4) is 0 Å². The minimum atomic E-state index is -3.79. The zero-order valence-electron chi connectivity index (χ0n) is 17.3.